The van der Waals surface area contributed by atoms with Crippen LogP contribution in [0.15, 0.2) is 0 Å². The average molecular weight is 198 g/mol. The van der Waals surface area contributed by atoms with E-state index in [2.05, 4.69) is 6.92 Å². The first-order valence-corrected chi connectivity index (χ1v) is 5.94. The normalized spacial score (nSPS) is 27.5. The first-order chi connectivity index (χ1) is 6.72. The molecule has 0 aromatic heterocycles. The first kappa shape index (κ1) is 11.5. The number of carbonyl (C=O) groups is 1. The van der Waals surface area contributed by atoms with Gasteiger partial charge in [0, 0.05) is 6.42 Å². The summed E-state index contributed by atoms with van der Waals surface area (Å²) < 4.78 is 0. The minimum atomic E-state index is -0.638. The van der Waals surface area contributed by atoms with E-state index in [-0.39, 0.29) is 0 Å². The van der Waals surface area contributed by atoms with Crippen LogP contribution in [0.2, 0.25) is 0 Å². The van der Waals surface area contributed by atoms with Gasteiger partial charge in [0.25, 0.3) is 0 Å². The summed E-state index contributed by atoms with van der Waals surface area (Å²) in [5, 5.41) is 8.58. The molecule has 0 aromatic rings. The topological polar surface area (TPSA) is 37.3 Å². The fourth-order valence-corrected chi connectivity index (χ4v) is 2.54. The Kier molecular flexibility index (Phi) is 4.99. The van der Waals surface area contributed by atoms with Crippen LogP contribution < -0.4 is 0 Å². The molecule has 0 bridgehead atoms. The quantitative estimate of drug-likeness (QED) is 0.734. The molecule has 0 heterocycles. The molecule has 2 heteroatoms. The van der Waals surface area contributed by atoms with Crippen LogP contribution >= 0.6 is 0 Å². The van der Waals surface area contributed by atoms with Crippen molar-refractivity contribution in [2.75, 3.05) is 0 Å². The summed E-state index contributed by atoms with van der Waals surface area (Å²) in [6.45, 7) is 2.25. The molecule has 2 nitrogen and oxygen atoms in total. The molecule has 0 unspecified atom stereocenters. The van der Waals surface area contributed by atoms with Crippen LogP contribution in [0.3, 0.4) is 0 Å². The van der Waals surface area contributed by atoms with Gasteiger partial charge in [0.2, 0.25) is 0 Å². The number of hydrogen-bond donors (Lipinski definition) is 1. The van der Waals surface area contributed by atoms with Crippen LogP contribution in [0.1, 0.15) is 58.3 Å². The smallest absolute Gasteiger partial charge is 0.303 e. The highest BCUT2D eigenvalue weighted by atomic mass is 16.4. The molecule has 0 saturated heterocycles. The zero-order chi connectivity index (χ0) is 10.4. The molecule has 1 N–H and O–H groups in total. The van der Waals surface area contributed by atoms with Crippen LogP contribution in [-0.2, 0) is 4.79 Å². The van der Waals surface area contributed by atoms with E-state index in [1.54, 1.807) is 0 Å². The van der Waals surface area contributed by atoms with Gasteiger partial charge in [0.05, 0.1) is 0 Å². The van der Waals surface area contributed by atoms with E-state index >= 15 is 0 Å². The summed E-state index contributed by atoms with van der Waals surface area (Å²) in [4.78, 5) is 10.4. The molecular weight excluding hydrogens is 176 g/mol. The first-order valence-electron chi connectivity index (χ1n) is 5.94. The van der Waals surface area contributed by atoms with Gasteiger partial charge in [-0.1, -0.05) is 45.4 Å². The third-order valence-electron chi connectivity index (χ3n) is 3.43. The van der Waals surface area contributed by atoms with Gasteiger partial charge in [-0.15, -0.1) is 0 Å². The van der Waals surface area contributed by atoms with Crippen molar-refractivity contribution in [3.8, 4) is 0 Å². The molecule has 0 spiro atoms. The third kappa shape index (κ3) is 4.12. The van der Waals surface area contributed by atoms with Crippen LogP contribution in [0, 0.1) is 11.8 Å². The monoisotopic (exact) mass is 198 g/mol. The van der Waals surface area contributed by atoms with Crippen LogP contribution in [0.4, 0.5) is 0 Å². The highest BCUT2D eigenvalue weighted by Gasteiger charge is 2.20. The van der Waals surface area contributed by atoms with E-state index < -0.39 is 5.97 Å². The Balaban J connectivity index is 2.12. The maximum absolute atomic E-state index is 10.4. The Morgan fingerprint density at radius 2 is 1.64 bits per heavy atom. The summed E-state index contributed by atoms with van der Waals surface area (Å²) in [5.74, 6) is 0.987. The van der Waals surface area contributed by atoms with Crippen molar-refractivity contribution in [2.45, 2.75) is 58.3 Å². The van der Waals surface area contributed by atoms with Crippen molar-refractivity contribution >= 4 is 5.97 Å². The predicted molar refractivity (Wildman–Crippen MR) is 57.2 cm³/mol. The van der Waals surface area contributed by atoms with Gasteiger partial charge >= 0.3 is 5.97 Å². The van der Waals surface area contributed by atoms with Crippen molar-refractivity contribution in [1.82, 2.24) is 0 Å². The molecule has 1 fully saturated rings. The zero-order valence-corrected chi connectivity index (χ0v) is 9.17. The lowest BCUT2D eigenvalue weighted by Crippen LogP contribution is -2.15. The lowest BCUT2D eigenvalue weighted by molar-refractivity contribution is -0.137. The Hall–Kier alpha value is -0.530. The summed E-state index contributed by atoms with van der Waals surface area (Å²) >= 11 is 0. The molecule has 1 saturated carbocycles. The SMILES string of the molecule is CCC[C@H]1CC[C@H](CCC(=O)O)CC1. The molecule has 1 aliphatic rings. The number of carboxylic acids is 1. The summed E-state index contributed by atoms with van der Waals surface area (Å²) in [5.41, 5.74) is 0. The fourth-order valence-electron chi connectivity index (χ4n) is 2.54. The van der Waals surface area contributed by atoms with Gasteiger partial charge in [-0.3, -0.25) is 4.79 Å². The third-order valence-corrected chi connectivity index (χ3v) is 3.43. The Morgan fingerprint density at radius 3 is 2.07 bits per heavy atom. The van der Waals surface area contributed by atoms with Gasteiger partial charge in [-0.25, -0.2) is 0 Å². The number of carboxylic acid groups (broad SMARTS) is 1. The van der Waals surface area contributed by atoms with E-state index in [1.807, 2.05) is 0 Å². The zero-order valence-electron chi connectivity index (χ0n) is 9.17. The molecule has 1 rings (SSSR count). The lowest BCUT2D eigenvalue weighted by Gasteiger charge is -2.27. The summed E-state index contributed by atoms with van der Waals surface area (Å²) in [6, 6.07) is 0. The molecule has 0 atom stereocenters. The summed E-state index contributed by atoms with van der Waals surface area (Å²) in [7, 11) is 0. The van der Waals surface area contributed by atoms with Crippen molar-refractivity contribution in [3.63, 3.8) is 0 Å². The van der Waals surface area contributed by atoms with E-state index in [4.69, 9.17) is 5.11 Å². The van der Waals surface area contributed by atoms with Crippen molar-refractivity contribution < 1.29 is 9.90 Å². The largest absolute Gasteiger partial charge is 0.481 e. The number of rotatable bonds is 5. The second-order valence-electron chi connectivity index (χ2n) is 4.61. The van der Waals surface area contributed by atoms with E-state index in [0.717, 1.165) is 12.3 Å². The Labute approximate surface area is 86.7 Å². The molecule has 14 heavy (non-hydrogen) atoms. The number of hydrogen-bond acceptors (Lipinski definition) is 1. The van der Waals surface area contributed by atoms with Crippen molar-refractivity contribution in [3.05, 3.63) is 0 Å². The van der Waals surface area contributed by atoms with Gasteiger partial charge in [-0.05, 0) is 18.3 Å². The molecule has 0 aromatic carbocycles. The maximum atomic E-state index is 10.4. The van der Waals surface area contributed by atoms with Gasteiger partial charge < -0.3 is 5.11 Å². The van der Waals surface area contributed by atoms with Crippen LogP contribution in [-0.4, -0.2) is 11.1 Å². The van der Waals surface area contributed by atoms with Crippen molar-refractivity contribution in [1.29, 1.82) is 0 Å². The van der Waals surface area contributed by atoms with Crippen molar-refractivity contribution in [2.24, 2.45) is 11.8 Å². The minimum absolute atomic E-state index is 0.364. The summed E-state index contributed by atoms with van der Waals surface area (Å²) in [6.07, 6.45) is 9.11. The maximum Gasteiger partial charge on any atom is 0.303 e. The van der Waals surface area contributed by atoms with Gasteiger partial charge in [0.15, 0.2) is 0 Å². The molecule has 0 amide bonds. The molecule has 0 radical (unpaired) electrons. The van der Waals surface area contributed by atoms with Crippen LogP contribution in [0.25, 0.3) is 0 Å². The number of aliphatic carboxylic acids is 1. The second-order valence-corrected chi connectivity index (χ2v) is 4.61. The fraction of sp³-hybridized carbons (Fsp3) is 0.917. The Morgan fingerprint density at radius 1 is 1.14 bits per heavy atom. The van der Waals surface area contributed by atoms with E-state index in [1.165, 1.54) is 38.5 Å². The van der Waals surface area contributed by atoms with E-state index in [9.17, 15) is 4.79 Å². The van der Waals surface area contributed by atoms with E-state index in [0.29, 0.717) is 12.3 Å². The molecule has 1 aliphatic carbocycles. The molecule has 0 aliphatic heterocycles. The van der Waals surface area contributed by atoms with Gasteiger partial charge in [0.1, 0.15) is 0 Å². The standard InChI is InChI=1S/C12H22O2/c1-2-3-10-4-6-11(7-5-10)8-9-12(13)14/h10-11H,2-9H2,1H3,(H,13,14)/t10-,11-. The minimum Gasteiger partial charge on any atom is -0.481 e. The molecule has 82 valence electrons. The molecular formula is C12H22O2. The predicted octanol–water partition coefficient (Wildman–Crippen LogP) is 3.46. The van der Waals surface area contributed by atoms with Gasteiger partial charge in [-0.2, -0.15) is 0 Å². The lowest BCUT2D eigenvalue weighted by atomic mass is 9.78. The van der Waals surface area contributed by atoms with Crippen LogP contribution in [0.5, 0.6) is 0 Å². The Bertz CT molecular complexity index is 169. The highest BCUT2D eigenvalue weighted by molar-refractivity contribution is 5.66. The second kappa shape index (κ2) is 6.05. The highest BCUT2D eigenvalue weighted by Crippen LogP contribution is 2.33. The average Bonchev–Trinajstić information content (AvgIpc) is 2.17.